The molecule has 2 heterocycles. The molecule has 2 aliphatic carbocycles. The summed E-state index contributed by atoms with van der Waals surface area (Å²) in [5.74, 6) is -0.973. The number of nitrogens with one attached hydrogen (secondary N) is 1. The molecule has 1 amide bonds. The van der Waals surface area contributed by atoms with E-state index >= 15 is 0 Å². The molecular formula is C21H26F2N2O2. The molecule has 1 N–H and O–H groups in total. The van der Waals surface area contributed by atoms with Crippen LogP contribution in [0.15, 0.2) is 18.2 Å². The number of hydrogen-bond acceptors (Lipinski definition) is 3. The summed E-state index contributed by atoms with van der Waals surface area (Å²) in [6, 6.07) is 6.36. The molecular weight excluding hydrogens is 350 g/mol. The summed E-state index contributed by atoms with van der Waals surface area (Å²) >= 11 is 0. The summed E-state index contributed by atoms with van der Waals surface area (Å²) < 4.78 is 32.9. The molecule has 0 radical (unpaired) electrons. The van der Waals surface area contributed by atoms with E-state index < -0.39 is 5.92 Å². The normalized spacial score (nSPS) is 31.1. The van der Waals surface area contributed by atoms with Gasteiger partial charge in [-0.2, -0.15) is 0 Å². The number of piperidine rings is 1. The zero-order valence-electron chi connectivity index (χ0n) is 15.4. The van der Waals surface area contributed by atoms with Crippen LogP contribution in [0.5, 0.6) is 5.75 Å². The van der Waals surface area contributed by atoms with Gasteiger partial charge in [-0.15, -0.1) is 0 Å². The summed E-state index contributed by atoms with van der Waals surface area (Å²) in [6.45, 7) is 1.17. The maximum Gasteiger partial charge on any atom is 0.248 e. The van der Waals surface area contributed by atoms with Crippen LogP contribution in [0, 0.1) is 5.92 Å². The lowest BCUT2D eigenvalue weighted by Gasteiger charge is -2.38. The number of rotatable bonds is 4. The van der Waals surface area contributed by atoms with Crippen LogP contribution >= 0.6 is 0 Å². The van der Waals surface area contributed by atoms with Gasteiger partial charge in [-0.1, -0.05) is 12.1 Å². The Morgan fingerprint density at radius 2 is 2.07 bits per heavy atom. The summed E-state index contributed by atoms with van der Waals surface area (Å²) in [6.07, 6.45) is 3.47. The van der Waals surface area contributed by atoms with E-state index in [4.69, 9.17) is 4.74 Å². The molecule has 1 aromatic rings. The average molecular weight is 376 g/mol. The summed E-state index contributed by atoms with van der Waals surface area (Å²) in [5, 5.41) is 3.43. The van der Waals surface area contributed by atoms with Crippen molar-refractivity contribution in [2.75, 3.05) is 6.61 Å². The van der Waals surface area contributed by atoms with Crippen molar-refractivity contribution in [2.24, 2.45) is 5.92 Å². The topological polar surface area (TPSA) is 41.6 Å². The van der Waals surface area contributed by atoms with Gasteiger partial charge in [0.05, 0.1) is 12.6 Å². The molecule has 2 aliphatic heterocycles. The molecule has 6 heteroatoms. The molecule has 0 unspecified atom stereocenters. The fourth-order valence-electron chi connectivity index (χ4n) is 4.94. The van der Waals surface area contributed by atoms with Crippen LogP contribution in [0.4, 0.5) is 8.78 Å². The highest BCUT2D eigenvalue weighted by molar-refractivity contribution is 5.83. The van der Waals surface area contributed by atoms with Gasteiger partial charge in [-0.25, -0.2) is 8.78 Å². The van der Waals surface area contributed by atoms with E-state index in [-0.39, 0.29) is 30.8 Å². The Kier molecular flexibility index (Phi) is 4.15. The van der Waals surface area contributed by atoms with Gasteiger partial charge in [0.2, 0.25) is 11.8 Å². The first-order valence-corrected chi connectivity index (χ1v) is 10.2. The molecule has 1 aromatic carbocycles. The number of ether oxygens (including phenoxy) is 1. The van der Waals surface area contributed by atoms with Crippen molar-refractivity contribution >= 4 is 5.91 Å². The summed E-state index contributed by atoms with van der Waals surface area (Å²) in [4.78, 5) is 15.1. The van der Waals surface area contributed by atoms with Crippen LogP contribution < -0.4 is 10.1 Å². The van der Waals surface area contributed by atoms with Crippen molar-refractivity contribution < 1.29 is 18.3 Å². The second kappa shape index (κ2) is 6.43. The third-order valence-corrected chi connectivity index (χ3v) is 6.70. The van der Waals surface area contributed by atoms with Gasteiger partial charge < -0.3 is 15.0 Å². The molecule has 27 heavy (non-hydrogen) atoms. The lowest BCUT2D eigenvalue weighted by molar-refractivity contribution is -0.139. The molecule has 0 bridgehead atoms. The van der Waals surface area contributed by atoms with E-state index in [0.717, 1.165) is 24.2 Å². The Labute approximate surface area is 158 Å². The number of alkyl halides is 2. The van der Waals surface area contributed by atoms with Gasteiger partial charge >= 0.3 is 0 Å². The minimum absolute atomic E-state index is 0.0823. The standard InChI is InChI=1S/C21H26F2N2O2/c22-21(23)6-3-16(4-7-21)25(20(26)18-11-15-10-17(15)24-18)12-13-1-2-14-5-8-27-19(14)9-13/h1-2,9,15-18,24H,3-8,10-12H2/t15-,17-,18+/m1/s1. The van der Waals surface area contributed by atoms with E-state index in [1.165, 1.54) is 12.0 Å². The van der Waals surface area contributed by atoms with E-state index in [2.05, 4.69) is 11.4 Å². The summed E-state index contributed by atoms with van der Waals surface area (Å²) in [7, 11) is 0. The van der Waals surface area contributed by atoms with Crippen LogP contribution in [0.1, 0.15) is 49.7 Å². The highest BCUT2D eigenvalue weighted by atomic mass is 19.3. The highest BCUT2D eigenvalue weighted by Crippen LogP contribution is 2.42. The SMILES string of the molecule is O=C([C@@H]1C[C@H]2C[C@H]2N1)N(Cc1ccc2c(c1)OCC2)C1CCC(F)(F)CC1. The maximum absolute atomic E-state index is 13.6. The second-order valence-electron chi connectivity index (χ2n) is 8.65. The number of amides is 1. The Morgan fingerprint density at radius 3 is 2.81 bits per heavy atom. The number of carbonyl (C=O) groups is 1. The van der Waals surface area contributed by atoms with Crippen LogP contribution in [0.3, 0.4) is 0 Å². The maximum atomic E-state index is 13.6. The monoisotopic (exact) mass is 376 g/mol. The van der Waals surface area contributed by atoms with Crippen molar-refractivity contribution in [1.29, 1.82) is 0 Å². The van der Waals surface area contributed by atoms with Crippen molar-refractivity contribution in [3.05, 3.63) is 29.3 Å². The minimum atomic E-state index is -2.58. The van der Waals surface area contributed by atoms with Gasteiger partial charge in [0, 0.05) is 37.9 Å². The van der Waals surface area contributed by atoms with Gasteiger partial charge in [0.25, 0.3) is 0 Å². The van der Waals surface area contributed by atoms with Crippen LogP contribution in [-0.2, 0) is 17.8 Å². The zero-order chi connectivity index (χ0) is 18.6. The fraction of sp³-hybridized carbons (Fsp3) is 0.667. The zero-order valence-corrected chi connectivity index (χ0v) is 15.4. The van der Waals surface area contributed by atoms with Crippen LogP contribution in [-0.4, -0.2) is 41.5 Å². The molecule has 1 saturated heterocycles. The number of fused-ring (bicyclic) bond motifs is 2. The fourth-order valence-corrected chi connectivity index (χ4v) is 4.94. The molecule has 2 saturated carbocycles. The third-order valence-electron chi connectivity index (χ3n) is 6.70. The minimum Gasteiger partial charge on any atom is -0.493 e. The Bertz CT molecular complexity index is 734. The predicted octanol–water partition coefficient (Wildman–Crippen LogP) is 3.28. The van der Waals surface area contributed by atoms with Gasteiger partial charge in [-0.3, -0.25) is 4.79 Å². The van der Waals surface area contributed by atoms with E-state index in [1.54, 1.807) is 0 Å². The number of halogens is 2. The lowest BCUT2D eigenvalue weighted by atomic mass is 9.90. The van der Waals surface area contributed by atoms with E-state index in [0.29, 0.717) is 38.0 Å². The van der Waals surface area contributed by atoms with Crippen molar-refractivity contribution in [3.8, 4) is 5.75 Å². The predicted molar refractivity (Wildman–Crippen MR) is 96.8 cm³/mol. The molecule has 146 valence electrons. The van der Waals surface area contributed by atoms with Crippen molar-refractivity contribution in [2.45, 2.75) is 75.5 Å². The van der Waals surface area contributed by atoms with Gasteiger partial charge in [0.1, 0.15) is 5.75 Å². The summed E-state index contributed by atoms with van der Waals surface area (Å²) in [5.41, 5.74) is 2.22. The van der Waals surface area contributed by atoms with Gasteiger partial charge in [-0.05, 0) is 48.8 Å². The number of hydrogen-bond donors (Lipinski definition) is 1. The third kappa shape index (κ3) is 3.44. The Balaban J connectivity index is 1.35. The first kappa shape index (κ1) is 17.4. The first-order valence-electron chi connectivity index (χ1n) is 10.2. The molecule has 3 atom stereocenters. The number of benzene rings is 1. The number of nitrogens with zero attached hydrogens (tertiary/aromatic N) is 1. The lowest BCUT2D eigenvalue weighted by Crippen LogP contribution is -2.50. The molecule has 3 fully saturated rings. The molecule has 0 spiro atoms. The molecule has 5 rings (SSSR count). The molecule has 4 nitrogen and oxygen atoms in total. The average Bonchev–Trinajstić information content (AvgIpc) is 3.06. The largest absolute Gasteiger partial charge is 0.493 e. The van der Waals surface area contributed by atoms with E-state index in [1.807, 2.05) is 17.0 Å². The highest BCUT2D eigenvalue weighted by Gasteiger charge is 2.49. The van der Waals surface area contributed by atoms with E-state index in [9.17, 15) is 13.6 Å². The second-order valence-corrected chi connectivity index (χ2v) is 8.65. The Hall–Kier alpha value is -1.69. The number of carbonyl (C=O) groups excluding carboxylic acids is 1. The Morgan fingerprint density at radius 1 is 1.26 bits per heavy atom. The van der Waals surface area contributed by atoms with Gasteiger partial charge in [0.15, 0.2) is 0 Å². The van der Waals surface area contributed by atoms with Crippen molar-refractivity contribution in [1.82, 2.24) is 10.2 Å². The van der Waals surface area contributed by atoms with Crippen LogP contribution in [0.2, 0.25) is 0 Å². The quantitative estimate of drug-likeness (QED) is 0.877. The molecule has 0 aromatic heterocycles. The molecule has 4 aliphatic rings. The first-order chi connectivity index (χ1) is 13.0. The van der Waals surface area contributed by atoms with Crippen LogP contribution in [0.25, 0.3) is 0 Å². The van der Waals surface area contributed by atoms with Crippen molar-refractivity contribution in [3.63, 3.8) is 0 Å². The smallest absolute Gasteiger partial charge is 0.248 e.